The summed E-state index contributed by atoms with van der Waals surface area (Å²) in [5, 5.41) is 6.91. The average molecular weight is 375 g/mol. The minimum atomic E-state index is 0.00149. The molecule has 0 unspecified atom stereocenters. The highest BCUT2D eigenvalue weighted by atomic mass is 15.5. The summed E-state index contributed by atoms with van der Waals surface area (Å²) in [6, 6.07) is 17.5. The highest BCUT2D eigenvalue weighted by molar-refractivity contribution is 5.79. The summed E-state index contributed by atoms with van der Waals surface area (Å²) >= 11 is 0. The number of para-hydroxylation sites is 1. The van der Waals surface area contributed by atoms with Gasteiger partial charge in [-0.25, -0.2) is 0 Å². The molecule has 0 N–H and O–H groups in total. The van der Waals surface area contributed by atoms with Crippen LogP contribution in [-0.4, -0.2) is 44.5 Å². The van der Waals surface area contributed by atoms with Crippen LogP contribution in [0.4, 0.5) is 11.4 Å². The maximum absolute atomic E-state index is 4.73. The van der Waals surface area contributed by atoms with Crippen molar-refractivity contribution in [1.82, 2.24) is 5.01 Å². The van der Waals surface area contributed by atoms with E-state index >= 15 is 0 Å². The topological polar surface area (TPSA) is 22.1 Å². The number of nitrogens with zero attached hydrogens (tertiary/aromatic N) is 4. The van der Waals surface area contributed by atoms with Gasteiger partial charge in [0, 0.05) is 48.8 Å². The van der Waals surface area contributed by atoms with E-state index in [9.17, 15) is 0 Å². The predicted octanol–water partition coefficient (Wildman–Crippen LogP) is 4.41. The molecule has 0 atom stereocenters. The Morgan fingerprint density at radius 1 is 0.929 bits per heavy atom. The van der Waals surface area contributed by atoms with Crippen molar-refractivity contribution in [1.29, 1.82) is 0 Å². The number of piperazine rings is 1. The zero-order valence-corrected chi connectivity index (χ0v) is 17.4. The van der Waals surface area contributed by atoms with Gasteiger partial charge in [-0.05, 0) is 36.8 Å². The van der Waals surface area contributed by atoms with Gasteiger partial charge in [0.2, 0.25) is 0 Å². The van der Waals surface area contributed by atoms with Gasteiger partial charge in [-0.3, -0.25) is 5.01 Å². The van der Waals surface area contributed by atoms with Crippen molar-refractivity contribution in [3.05, 3.63) is 71.4 Å². The molecule has 1 fully saturated rings. The standard InChI is InChI=1S/C24H30N4/c1-19-9-11-20(12-10-19)27-15-17-28(18-16-27)25-14-13-23-24(2,3)21-7-5-6-8-22(21)26(23)4/h5-14H,15-18H2,1-4H3/b23-13+,25-14-. The lowest BCUT2D eigenvalue weighted by molar-refractivity contribution is 0.272. The Kier molecular flexibility index (Phi) is 4.88. The number of hydrogen-bond donors (Lipinski definition) is 0. The summed E-state index contributed by atoms with van der Waals surface area (Å²) in [6.07, 6.45) is 4.15. The Bertz CT molecular complexity index is 887. The molecule has 146 valence electrons. The maximum Gasteiger partial charge on any atom is 0.0536 e. The van der Waals surface area contributed by atoms with Crippen molar-refractivity contribution in [3.8, 4) is 0 Å². The van der Waals surface area contributed by atoms with Crippen LogP contribution in [0.2, 0.25) is 0 Å². The third kappa shape index (κ3) is 3.39. The second-order valence-electron chi connectivity index (χ2n) is 8.29. The maximum atomic E-state index is 4.73. The Balaban J connectivity index is 1.40. The molecule has 0 amide bonds. The predicted molar refractivity (Wildman–Crippen MR) is 119 cm³/mol. The van der Waals surface area contributed by atoms with Crippen molar-refractivity contribution in [2.45, 2.75) is 26.2 Å². The second-order valence-corrected chi connectivity index (χ2v) is 8.29. The van der Waals surface area contributed by atoms with Gasteiger partial charge >= 0.3 is 0 Å². The third-order valence-electron chi connectivity index (χ3n) is 6.06. The zero-order chi connectivity index (χ0) is 19.7. The lowest BCUT2D eigenvalue weighted by Gasteiger charge is -2.34. The molecule has 0 aliphatic carbocycles. The molecule has 28 heavy (non-hydrogen) atoms. The monoisotopic (exact) mass is 374 g/mol. The molecular weight excluding hydrogens is 344 g/mol. The second kappa shape index (κ2) is 7.34. The van der Waals surface area contributed by atoms with E-state index in [1.807, 2.05) is 6.21 Å². The molecule has 4 heteroatoms. The third-order valence-corrected chi connectivity index (χ3v) is 6.06. The van der Waals surface area contributed by atoms with Crippen molar-refractivity contribution in [2.75, 3.05) is 43.0 Å². The normalized spacial score (nSPS) is 20.3. The molecule has 0 saturated carbocycles. The number of hydrogen-bond acceptors (Lipinski definition) is 4. The van der Waals surface area contributed by atoms with Gasteiger partial charge in [-0.15, -0.1) is 0 Å². The van der Waals surface area contributed by atoms with Gasteiger partial charge in [-0.1, -0.05) is 49.7 Å². The van der Waals surface area contributed by atoms with Crippen LogP contribution in [0.15, 0.2) is 65.4 Å². The summed E-state index contributed by atoms with van der Waals surface area (Å²) < 4.78 is 0. The number of aryl methyl sites for hydroxylation is 1. The van der Waals surface area contributed by atoms with Crippen LogP contribution in [0.5, 0.6) is 0 Å². The van der Waals surface area contributed by atoms with Gasteiger partial charge < -0.3 is 9.80 Å². The number of rotatable bonds is 3. The summed E-state index contributed by atoms with van der Waals surface area (Å²) in [7, 11) is 2.15. The number of benzene rings is 2. The summed E-state index contributed by atoms with van der Waals surface area (Å²) in [5.74, 6) is 0. The molecule has 2 aliphatic heterocycles. The lowest BCUT2D eigenvalue weighted by Crippen LogP contribution is -2.44. The van der Waals surface area contributed by atoms with E-state index in [1.54, 1.807) is 0 Å². The number of fused-ring (bicyclic) bond motifs is 1. The van der Waals surface area contributed by atoms with E-state index in [4.69, 9.17) is 5.10 Å². The highest BCUT2D eigenvalue weighted by Crippen LogP contribution is 2.46. The summed E-state index contributed by atoms with van der Waals surface area (Å²) in [4.78, 5) is 4.73. The van der Waals surface area contributed by atoms with Crippen LogP contribution in [0.25, 0.3) is 0 Å². The first-order valence-electron chi connectivity index (χ1n) is 10.1. The Morgan fingerprint density at radius 3 is 2.29 bits per heavy atom. The van der Waals surface area contributed by atoms with Gasteiger partial charge in [-0.2, -0.15) is 5.10 Å². The molecule has 2 aliphatic rings. The van der Waals surface area contributed by atoms with E-state index in [0.29, 0.717) is 0 Å². The smallest absolute Gasteiger partial charge is 0.0536 e. The average Bonchev–Trinajstić information content (AvgIpc) is 2.90. The minimum absolute atomic E-state index is 0.00149. The Labute approximate surface area is 168 Å². The Hall–Kier alpha value is -2.75. The number of anilines is 2. The SMILES string of the molecule is Cc1ccc(N2CCN(/N=C\C=C3\N(C)c4ccccc4C3(C)C)CC2)cc1. The molecule has 0 spiro atoms. The summed E-state index contributed by atoms with van der Waals surface area (Å²) in [6.45, 7) is 10.6. The molecule has 2 aromatic carbocycles. The van der Waals surface area contributed by atoms with Crippen molar-refractivity contribution < 1.29 is 0 Å². The quantitative estimate of drug-likeness (QED) is 0.743. The lowest BCUT2D eigenvalue weighted by atomic mass is 9.84. The van der Waals surface area contributed by atoms with Gasteiger partial charge in [0.15, 0.2) is 0 Å². The first kappa shape index (κ1) is 18.6. The van der Waals surface area contributed by atoms with E-state index < -0.39 is 0 Å². The van der Waals surface area contributed by atoms with Crippen LogP contribution in [0.3, 0.4) is 0 Å². The van der Waals surface area contributed by atoms with Crippen LogP contribution < -0.4 is 9.80 Å². The van der Waals surface area contributed by atoms with Gasteiger partial charge in [0.1, 0.15) is 0 Å². The fourth-order valence-electron chi connectivity index (χ4n) is 4.33. The first-order valence-corrected chi connectivity index (χ1v) is 10.1. The first-order chi connectivity index (χ1) is 13.5. The Morgan fingerprint density at radius 2 is 1.61 bits per heavy atom. The number of hydrazone groups is 1. The molecular formula is C24H30N4. The van der Waals surface area contributed by atoms with Gasteiger partial charge in [0.25, 0.3) is 0 Å². The minimum Gasteiger partial charge on any atom is -0.368 e. The molecule has 2 heterocycles. The summed E-state index contributed by atoms with van der Waals surface area (Å²) in [5.41, 5.74) is 6.57. The zero-order valence-electron chi connectivity index (χ0n) is 17.4. The molecule has 4 nitrogen and oxygen atoms in total. The van der Waals surface area contributed by atoms with Crippen molar-refractivity contribution >= 4 is 17.6 Å². The largest absolute Gasteiger partial charge is 0.368 e. The molecule has 0 aromatic heterocycles. The molecule has 0 radical (unpaired) electrons. The number of allylic oxidation sites excluding steroid dienone is 2. The van der Waals surface area contributed by atoms with Crippen LogP contribution >= 0.6 is 0 Å². The van der Waals surface area contributed by atoms with Crippen LogP contribution in [0, 0.1) is 6.92 Å². The fraction of sp³-hybridized carbons (Fsp3) is 0.375. The van der Waals surface area contributed by atoms with Crippen molar-refractivity contribution in [3.63, 3.8) is 0 Å². The molecule has 0 bridgehead atoms. The molecule has 4 rings (SSSR count). The number of likely N-dealkylation sites (N-methyl/N-ethyl adjacent to an activating group) is 1. The van der Waals surface area contributed by atoms with E-state index in [1.165, 1.54) is 28.2 Å². The molecule has 2 aromatic rings. The van der Waals surface area contributed by atoms with Gasteiger partial charge in [0.05, 0.1) is 13.1 Å². The van der Waals surface area contributed by atoms with Crippen LogP contribution in [-0.2, 0) is 5.41 Å². The molecule has 1 saturated heterocycles. The van der Waals surface area contributed by atoms with E-state index in [-0.39, 0.29) is 5.41 Å². The van der Waals surface area contributed by atoms with E-state index in [0.717, 1.165) is 26.2 Å². The van der Waals surface area contributed by atoms with Crippen LogP contribution in [0.1, 0.15) is 25.0 Å². The fourth-order valence-corrected chi connectivity index (χ4v) is 4.33. The van der Waals surface area contributed by atoms with E-state index in [2.05, 4.69) is 97.2 Å². The highest BCUT2D eigenvalue weighted by Gasteiger charge is 2.37. The van der Waals surface area contributed by atoms with Crippen molar-refractivity contribution in [2.24, 2.45) is 5.10 Å².